The number of ether oxygens (including phenoxy) is 1. The summed E-state index contributed by atoms with van der Waals surface area (Å²) in [6.45, 7) is 0. The van der Waals surface area contributed by atoms with Crippen LogP contribution >= 0.6 is 11.3 Å². The molecule has 2 N–H and O–H groups in total. The number of amides is 1. The number of benzene rings is 2. The Morgan fingerprint density at radius 2 is 1.92 bits per heavy atom. The van der Waals surface area contributed by atoms with Crippen LogP contribution in [0.3, 0.4) is 0 Å². The van der Waals surface area contributed by atoms with E-state index in [0.29, 0.717) is 26.2 Å². The number of carbonyl (C=O) groups is 1. The first kappa shape index (κ1) is 17.6. The van der Waals surface area contributed by atoms with Gasteiger partial charge in [-0.05, 0) is 35.9 Å². The molecule has 0 spiro atoms. The number of hydrogen-bond acceptors (Lipinski definition) is 4. The number of thiazole rings is 1. The van der Waals surface area contributed by atoms with Crippen LogP contribution in [0.2, 0.25) is 0 Å². The van der Waals surface area contributed by atoms with Crippen LogP contribution in [0.15, 0.2) is 53.3 Å². The van der Waals surface area contributed by atoms with Gasteiger partial charge in [-0.25, -0.2) is 4.39 Å². The fourth-order valence-electron chi connectivity index (χ4n) is 2.27. The predicted octanol–water partition coefficient (Wildman–Crippen LogP) is 1.83. The summed E-state index contributed by atoms with van der Waals surface area (Å²) in [5.74, 6) is -0.191. The second-order valence-electron chi connectivity index (χ2n) is 5.31. The fourth-order valence-corrected chi connectivity index (χ4v) is 3.16. The lowest BCUT2D eigenvalue weighted by Gasteiger charge is -2.07. The lowest BCUT2D eigenvalue weighted by molar-refractivity contribution is -0.110. The minimum Gasteiger partial charge on any atom is -0.495 e. The lowest BCUT2D eigenvalue weighted by Crippen LogP contribution is -2.20. The van der Waals surface area contributed by atoms with E-state index in [1.807, 2.05) is 0 Å². The second kappa shape index (κ2) is 7.79. The van der Waals surface area contributed by atoms with Gasteiger partial charge in [0.1, 0.15) is 16.2 Å². The summed E-state index contributed by atoms with van der Waals surface area (Å²) >= 11 is 1.14. The van der Waals surface area contributed by atoms with E-state index in [-0.39, 0.29) is 17.3 Å². The topological polar surface area (TPSA) is 71.2 Å². The zero-order valence-corrected chi connectivity index (χ0v) is 14.6. The molecule has 3 aromatic rings. The largest absolute Gasteiger partial charge is 0.495 e. The van der Waals surface area contributed by atoms with Crippen molar-refractivity contribution in [1.29, 1.82) is 0 Å². The molecule has 3 rings (SSSR count). The first-order valence-corrected chi connectivity index (χ1v) is 8.49. The summed E-state index contributed by atoms with van der Waals surface area (Å²) in [7, 11) is 1.52. The standard InChI is InChI=1S/C19H15FN2O3S/c1-25-15-5-3-2-4-14(15)21-17(23)11-18-22-19(24)16(26-18)10-12-6-8-13(20)9-7-12/h2-11H,1H3,(H,21,23)(H,22,24). The number of aromatic amines is 1. The van der Waals surface area contributed by atoms with E-state index in [9.17, 15) is 14.0 Å². The van der Waals surface area contributed by atoms with Crippen molar-refractivity contribution in [3.8, 4) is 5.75 Å². The molecule has 0 fully saturated rings. The molecule has 5 nitrogen and oxygen atoms in total. The fraction of sp³-hybridized carbons (Fsp3) is 0.0526. The zero-order valence-electron chi connectivity index (χ0n) is 13.8. The normalized spacial score (nSPS) is 12.2. The van der Waals surface area contributed by atoms with E-state index in [1.54, 1.807) is 42.5 Å². The van der Waals surface area contributed by atoms with Crippen LogP contribution in [0.4, 0.5) is 10.1 Å². The van der Waals surface area contributed by atoms with Gasteiger partial charge in [-0.3, -0.25) is 9.59 Å². The van der Waals surface area contributed by atoms with Crippen LogP contribution in [0, 0.1) is 5.82 Å². The number of halogens is 1. The van der Waals surface area contributed by atoms with E-state index >= 15 is 0 Å². The Kier molecular flexibility index (Phi) is 5.28. The molecule has 132 valence electrons. The average molecular weight is 370 g/mol. The van der Waals surface area contributed by atoms with Gasteiger partial charge >= 0.3 is 0 Å². The maximum absolute atomic E-state index is 12.9. The van der Waals surface area contributed by atoms with Gasteiger partial charge < -0.3 is 15.0 Å². The quantitative estimate of drug-likeness (QED) is 0.736. The molecule has 0 atom stereocenters. The lowest BCUT2D eigenvalue weighted by atomic mass is 10.2. The summed E-state index contributed by atoms with van der Waals surface area (Å²) in [5.41, 5.74) is 0.924. The molecule has 2 aromatic carbocycles. The molecular formula is C19H15FN2O3S. The number of hydrogen-bond donors (Lipinski definition) is 2. The molecule has 7 heteroatoms. The number of nitrogens with one attached hydrogen (secondary N) is 2. The Balaban J connectivity index is 1.87. The molecule has 0 aliphatic heterocycles. The van der Waals surface area contributed by atoms with Crippen LogP contribution in [0.1, 0.15) is 5.56 Å². The molecule has 0 unspecified atom stereocenters. The van der Waals surface area contributed by atoms with E-state index < -0.39 is 0 Å². The van der Waals surface area contributed by atoms with E-state index in [0.717, 1.165) is 11.3 Å². The Morgan fingerprint density at radius 3 is 2.65 bits per heavy atom. The van der Waals surface area contributed by atoms with Crippen molar-refractivity contribution in [1.82, 2.24) is 4.98 Å². The van der Waals surface area contributed by atoms with Gasteiger partial charge in [-0.1, -0.05) is 24.3 Å². The highest BCUT2D eigenvalue weighted by Crippen LogP contribution is 2.22. The van der Waals surface area contributed by atoms with Gasteiger partial charge in [0.05, 0.1) is 17.3 Å². The summed E-state index contributed by atoms with van der Waals surface area (Å²) in [6, 6.07) is 12.8. The maximum atomic E-state index is 12.9. The number of anilines is 1. The van der Waals surface area contributed by atoms with Crippen molar-refractivity contribution in [2.45, 2.75) is 0 Å². The molecule has 0 saturated carbocycles. The number of aromatic nitrogens is 1. The summed E-state index contributed by atoms with van der Waals surface area (Å²) in [5, 5.41) is 2.71. The van der Waals surface area contributed by atoms with Gasteiger partial charge in [0, 0.05) is 6.08 Å². The third-order valence-corrected chi connectivity index (χ3v) is 4.44. The molecule has 0 saturated heterocycles. The van der Waals surface area contributed by atoms with Crippen molar-refractivity contribution in [3.63, 3.8) is 0 Å². The molecule has 1 aromatic heterocycles. The number of H-pyrrole nitrogens is 1. The average Bonchev–Trinajstić information content (AvgIpc) is 2.96. The first-order chi connectivity index (χ1) is 12.5. The number of rotatable bonds is 4. The third-order valence-electron chi connectivity index (χ3n) is 3.48. The monoisotopic (exact) mass is 370 g/mol. The molecule has 0 radical (unpaired) electrons. The van der Waals surface area contributed by atoms with Crippen LogP contribution in [-0.4, -0.2) is 18.0 Å². The maximum Gasteiger partial charge on any atom is 0.266 e. The van der Waals surface area contributed by atoms with Gasteiger partial charge in [-0.15, -0.1) is 11.3 Å². The van der Waals surface area contributed by atoms with Crippen LogP contribution < -0.4 is 24.8 Å². The van der Waals surface area contributed by atoms with Crippen molar-refractivity contribution >= 4 is 35.1 Å². The van der Waals surface area contributed by atoms with Gasteiger partial charge in [0.15, 0.2) is 0 Å². The highest BCUT2D eigenvalue weighted by molar-refractivity contribution is 7.07. The van der Waals surface area contributed by atoms with Gasteiger partial charge in [0.25, 0.3) is 11.5 Å². The summed E-state index contributed by atoms with van der Waals surface area (Å²) in [4.78, 5) is 26.8. The molecule has 0 aliphatic rings. The Bertz CT molecular complexity index is 1100. The molecule has 1 heterocycles. The van der Waals surface area contributed by atoms with E-state index in [4.69, 9.17) is 4.74 Å². The van der Waals surface area contributed by atoms with Crippen molar-refractivity contribution in [3.05, 3.63) is 79.5 Å². The Hall–Kier alpha value is -3.19. The summed E-state index contributed by atoms with van der Waals surface area (Å²) < 4.78 is 19.0. The van der Waals surface area contributed by atoms with E-state index in [1.165, 1.54) is 25.3 Å². The minimum atomic E-state index is -0.389. The molecule has 0 bridgehead atoms. The van der Waals surface area contributed by atoms with Gasteiger partial charge in [-0.2, -0.15) is 0 Å². The SMILES string of the molecule is COc1ccccc1NC(=O)C=c1[nH]c(=O)c(=Cc2ccc(F)cc2)s1. The number of carbonyl (C=O) groups excluding carboxylic acids is 1. The van der Waals surface area contributed by atoms with Gasteiger partial charge in [0.2, 0.25) is 0 Å². The van der Waals surface area contributed by atoms with E-state index in [2.05, 4.69) is 10.3 Å². The molecule has 26 heavy (non-hydrogen) atoms. The number of para-hydroxylation sites is 2. The highest BCUT2D eigenvalue weighted by atomic mass is 32.1. The first-order valence-electron chi connectivity index (χ1n) is 7.67. The Morgan fingerprint density at radius 1 is 1.19 bits per heavy atom. The second-order valence-corrected chi connectivity index (χ2v) is 6.40. The predicted molar refractivity (Wildman–Crippen MR) is 100 cm³/mol. The smallest absolute Gasteiger partial charge is 0.266 e. The Labute approximate surface area is 152 Å². The molecule has 1 amide bonds. The van der Waals surface area contributed by atoms with Crippen molar-refractivity contribution in [2.24, 2.45) is 0 Å². The molecule has 0 aliphatic carbocycles. The van der Waals surface area contributed by atoms with Crippen LogP contribution in [-0.2, 0) is 4.79 Å². The third kappa shape index (κ3) is 4.25. The van der Waals surface area contributed by atoms with Crippen molar-refractivity contribution in [2.75, 3.05) is 12.4 Å². The molecular weight excluding hydrogens is 355 g/mol. The number of methoxy groups -OCH3 is 1. The zero-order chi connectivity index (χ0) is 18.5. The highest BCUT2D eigenvalue weighted by Gasteiger charge is 2.05. The van der Waals surface area contributed by atoms with Crippen LogP contribution in [0.25, 0.3) is 12.2 Å². The minimum absolute atomic E-state index is 0.310. The summed E-state index contributed by atoms with van der Waals surface area (Å²) in [6.07, 6.45) is 2.94. The van der Waals surface area contributed by atoms with Crippen LogP contribution in [0.5, 0.6) is 5.75 Å². The van der Waals surface area contributed by atoms with Crippen molar-refractivity contribution < 1.29 is 13.9 Å².